The molecule has 9 aromatic rings. The largest absolute Gasteiger partial charge is 0.448 e. The predicted octanol–water partition coefficient (Wildman–Crippen LogP) is 9.72. The Morgan fingerprint density at radius 2 is 1.52 bits per heavy atom. The molecule has 0 saturated heterocycles. The van der Waals surface area contributed by atoms with Gasteiger partial charge >= 0.3 is 18.6 Å². The normalized spacial score (nSPS) is 16.8. The molecule has 0 bridgehead atoms. The van der Waals surface area contributed by atoms with E-state index in [1.165, 1.54) is 11.9 Å². The van der Waals surface area contributed by atoms with Gasteiger partial charge in [-0.2, -0.15) is 0 Å². The van der Waals surface area contributed by atoms with E-state index in [0.717, 1.165) is 82.6 Å². The van der Waals surface area contributed by atoms with Crippen molar-refractivity contribution in [3.63, 3.8) is 0 Å². The minimum absolute atomic E-state index is 0.0488. The highest BCUT2D eigenvalue weighted by Crippen LogP contribution is 2.52. The number of nitrogens with two attached hydrogens (primary N) is 1. The fourth-order valence-electron chi connectivity index (χ4n) is 11.6. The molecule has 2 aromatic heterocycles. The van der Waals surface area contributed by atoms with Crippen LogP contribution in [0.5, 0.6) is 0 Å². The van der Waals surface area contributed by atoms with Gasteiger partial charge in [-0.25, -0.2) is 9.78 Å². The molecular formula is C71H71N10O6S+. The number of hydrogen-bond donors (Lipinski definition) is 6. The number of aryl methyl sites for hydroxylation is 1. The first-order valence-electron chi connectivity index (χ1n) is 29.5. The monoisotopic (exact) mass is 1190 g/mol. The zero-order valence-electron chi connectivity index (χ0n) is 49.9. The Balaban J connectivity index is 0.685. The zero-order valence-corrected chi connectivity index (χ0v) is 50.7. The standard InChI is InChI=1S/C71H70N10O6S/c1-70(2,44-75-39-46-20-24-48(25-21-46)59-38-71(59,69(86)74-4)77-41-57-43-88-66(78-57)54-16-11-15-50(35-54)51-28-29-53-36-56(72)31-30-52(53)34-51)87-68(85)49-26-22-47(23-27-49)40-76-60(33-45-13-7-6-8-14-45)64(82)79-61(67(84)81-32-12-19-63(81)65(83)73-3)37-55-42-80(5)62-18-10-9-17-58(55)62/h6-31,34-36,42-43,59-61,63,76-77H,32-33,37-38,40-41,44,72H2,1-5H3,(H2-,73,74,79,82,83,86)/p+1/t59?,60?,61-,63-,71?/m0/s1. The quantitative estimate of drug-likeness (QED) is 0.0228. The van der Waals surface area contributed by atoms with Crippen molar-refractivity contribution in [2.45, 2.75) is 81.4 Å². The molecule has 7 aromatic carbocycles. The van der Waals surface area contributed by atoms with E-state index in [2.05, 4.69) is 80.0 Å². The smallest absolute Gasteiger partial charge is 0.338 e. The molecule has 3 unspecified atom stereocenters. The molecule has 4 amide bonds. The number of amides is 4. The first-order chi connectivity index (χ1) is 42.6. The third kappa shape index (κ3) is 13.6. The van der Waals surface area contributed by atoms with Crippen molar-refractivity contribution < 1.29 is 28.7 Å². The first kappa shape index (κ1) is 60.0. The number of nitrogens with one attached hydrogen (secondary N) is 5. The van der Waals surface area contributed by atoms with Crippen LogP contribution in [-0.4, -0.2) is 100 Å². The van der Waals surface area contributed by atoms with Gasteiger partial charge in [0.05, 0.1) is 17.3 Å². The van der Waals surface area contributed by atoms with Gasteiger partial charge in [-0.05, 0) is 125 Å². The summed E-state index contributed by atoms with van der Waals surface area (Å²) < 4.78 is 7.96. The van der Waals surface area contributed by atoms with Gasteiger partial charge in [-0.3, -0.25) is 24.5 Å². The van der Waals surface area contributed by atoms with Crippen LogP contribution in [0.3, 0.4) is 0 Å². The Labute approximate surface area is 516 Å². The number of nitrogens with zero attached hydrogens (tertiary/aromatic N) is 4. The molecule has 446 valence electrons. The maximum atomic E-state index is 14.6. The number of para-hydroxylation sites is 1. The van der Waals surface area contributed by atoms with E-state index in [1.54, 1.807) is 56.5 Å². The van der Waals surface area contributed by atoms with Crippen molar-refractivity contribution in [2.24, 2.45) is 7.05 Å². The maximum Gasteiger partial charge on any atom is 0.338 e. The lowest BCUT2D eigenvalue weighted by molar-refractivity contribution is -0.140. The second-order valence-electron chi connectivity index (χ2n) is 23.3. The number of nitrogen functional groups attached to an aromatic ring is 1. The molecule has 1 aliphatic heterocycles. The number of esters is 1. The molecular weight excluding hydrogens is 1120 g/mol. The van der Waals surface area contributed by atoms with Crippen LogP contribution in [0, 0.1) is 6.07 Å². The molecule has 1 saturated carbocycles. The molecule has 7 N–H and O–H groups in total. The van der Waals surface area contributed by atoms with E-state index in [0.29, 0.717) is 24.9 Å². The first-order valence-corrected chi connectivity index (χ1v) is 30.4. The van der Waals surface area contributed by atoms with Gasteiger partial charge in [0.25, 0.3) is 0 Å². The van der Waals surface area contributed by atoms with Crippen LogP contribution in [-0.2, 0) is 56.9 Å². The van der Waals surface area contributed by atoms with Crippen molar-refractivity contribution in [3.05, 3.63) is 231 Å². The molecule has 16 nitrogen and oxygen atoms in total. The van der Waals surface area contributed by atoms with Gasteiger partial charge in [0.15, 0.2) is 5.60 Å². The minimum atomic E-state index is -0.983. The predicted molar refractivity (Wildman–Crippen MR) is 348 cm³/mol. The van der Waals surface area contributed by atoms with Crippen molar-refractivity contribution in [1.29, 1.82) is 0 Å². The molecule has 1 fully saturated rings. The van der Waals surface area contributed by atoms with Gasteiger partial charge in [-0.15, -0.1) is 11.3 Å². The van der Waals surface area contributed by atoms with Crippen molar-refractivity contribution >= 4 is 68.3 Å². The van der Waals surface area contributed by atoms with Gasteiger partial charge in [-0.1, -0.05) is 126 Å². The highest BCUT2D eigenvalue weighted by atomic mass is 32.1. The Morgan fingerprint density at radius 3 is 2.31 bits per heavy atom. The number of hydrogen-bond acceptors (Lipinski definition) is 11. The lowest BCUT2D eigenvalue weighted by atomic mass is 9.99. The Bertz CT molecular complexity index is 4170. The molecule has 1 aliphatic carbocycles. The van der Waals surface area contributed by atoms with Crippen LogP contribution in [0.4, 0.5) is 5.69 Å². The van der Waals surface area contributed by atoms with Crippen LogP contribution in [0.25, 0.3) is 48.2 Å². The summed E-state index contributed by atoms with van der Waals surface area (Å²) >= 11 is 1.58. The number of ether oxygens (including phenoxy) is 1. The number of benzene rings is 7. The third-order valence-corrected chi connectivity index (χ3v) is 17.4. The number of anilines is 1. The average Bonchev–Trinajstić information content (AvgIpc) is 2.08. The summed E-state index contributed by atoms with van der Waals surface area (Å²) in [6.07, 6.45) is 6.64. The Kier molecular flexibility index (Phi) is 17.8. The summed E-state index contributed by atoms with van der Waals surface area (Å²) in [5.41, 5.74) is 14.8. The van der Waals surface area contributed by atoms with Gasteiger partial charge in [0.2, 0.25) is 23.6 Å². The maximum absolute atomic E-state index is 14.6. The number of aromatic nitrogens is 2. The summed E-state index contributed by atoms with van der Waals surface area (Å²) in [5, 5.41) is 21.8. The Morgan fingerprint density at radius 1 is 0.784 bits per heavy atom. The summed E-state index contributed by atoms with van der Waals surface area (Å²) in [6.45, 7) is 4.69. The fraction of sp³-hybridized carbons (Fsp3) is 0.254. The number of rotatable bonds is 21. The summed E-state index contributed by atoms with van der Waals surface area (Å²) in [6, 6.07) is 53.7. The van der Waals surface area contributed by atoms with Crippen LogP contribution in [0.15, 0.2) is 188 Å². The number of thiazole rings is 1. The van der Waals surface area contributed by atoms with E-state index in [4.69, 9.17) is 15.5 Å². The van der Waals surface area contributed by atoms with E-state index >= 15 is 0 Å². The number of carbonyl (C=O) groups excluding carboxylic acids is 5. The molecule has 2 aliphatic rings. The average molecular weight is 1190 g/mol. The van der Waals surface area contributed by atoms with Gasteiger partial charge in [0.1, 0.15) is 28.2 Å². The van der Waals surface area contributed by atoms with E-state index < -0.39 is 35.2 Å². The van der Waals surface area contributed by atoms with Crippen LogP contribution in [0.2, 0.25) is 0 Å². The van der Waals surface area contributed by atoms with Crippen molar-refractivity contribution in [3.8, 4) is 27.8 Å². The van der Waals surface area contributed by atoms with Crippen LogP contribution >= 0.6 is 11.3 Å². The second kappa shape index (κ2) is 26.1. The number of fused-ring (bicyclic) bond motifs is 2. The lowest BCUT2D eigenvalue weighted by Gasteiger charge is -2.29. The van der Waals surface area contributed by atoms with E-state index in [-0.39, 0.29) is 55.6 Å². The lowest BCUT2D eigenvalue weighted by Crippen LogP contribution is -2.57. The van der Waals surface area contributed by atoms with E-state index in [9.17, 15) is 24.0 Å². The second-order valence-corrected chi connectivity index (χ2v) is 24.1. The van der Waals surface area contributed by atoms with Crippen molar-refractivity contribution in [2.75, 3.05) is 32.9 Å². The number of carbonyl (C=O) groups is 5. The summed E-state index contributed by atoms with van der Waals surface area (Å²) in [7, 11) is 5.14. The molecule has 0 radical (unpaired) electrons. The Hall–Kier alpha value is -9.73. The van der Waals surface area contributed by atoms with Crippen molar-refractivity contribution in [1.82, 2.24) is 41.0 Å². The van der Waals surface area contributed by atoms with E-state index in [1.807, 2.05) is 132 Å². The topological polar surface area (TPSA) is 206 Å². The van der Waals surface area contributed by atoms with Crippen LogP contribution < -0.4 is 32.3 Å². The van der Waals surface area contributed by atoms with Crippen LogP contribution in [0.1, 0.15) is 70.1 Å². The molecule has 3 heterocycles. The third-order valence-electron chi connectivity index (χ3n) is 16.5. The SMILES string of the molecule is CNC(=O)[C@@H]1C=CCN1C(=O)[C@H](Cc1cn(C)c2ccccc12)NC(=O)C(Cc1ccccc1)NCc1ccc(C(=O)OC(C)(C)C[N+]#Cc2ccc(C3CC3(NCc3csc(-c4cccc(-c5ccc6cc(N)ccc6c5)c4)n3)C(=O)NC)cc2)cc1. The highest BCUT2D eigenvalue weighted by molar-refractivity contribution is 7.13. The van der Waals surface area contributed by atoms with Gasteiger partial charge < -0.3 is 41.2 Å². The molecule has 11 rings (SSSR count). The zero-order chi connectivity index (χ0) is 61.5. The minimum Gasteiger partial charge on any atom is -0.448 e. The molecule has 88 heavy (non-hydrogen) atoms. The highest BCUT2D eigenvalue weighted by Gasteiger charge is 2.60. The molecule has 0 spiro atoms. The fourth-order valence-corrected chi connectivity index (χ4v) is 12.4. The van der Waals surface area contributed by atoms with Gasteiger partial charge in [0, 0.05) is 86.8 Å². The number of likely N-dealkylation sites (N-methyl/N-ethyl adjacent to an activating group) is 2. The molecule has 17 heteroatoms. The summed E-state index contributed by atoms with van der Waals surface area (Å²) in [4.78, 5) is 80.0. The summed E-state index contributed by atoms with van der Waals surface area (Å²) in [5.74, 6) is -1.68. The molecule has 5 atom stereocenters.